The molecule has 19 heavy (non-hydrogen) atoms. The van der Waals surface area contributed by atoms with Gasteiger partial charge in [0.15, 0.2) is 6.10 Å². The van der Waals surface area contributed by atoms with E-state index in [1.54, 1.807) is 0 Å². The number of halogens is 1. The van der Waals surface area contributed by atoms with Crippen LogP contribution in [-0.2, 0) is 4.79 Å². The first-order valence-corrected chi connectivity index (χ1v) is 6.79. The van der Waals surface area contributed by atoms with E-state index in [9.17, 15) is 9.18 Å². The van der Waals surface area contributed by atoms with Crippen LogP contribution in [0.2, 0.25) is 0 Å². The van der Waals surface area contributed by atoms with Crippen LogP contribution in [0.3, 0.4) is 0 Å². The number of ether oxygens (including phenoxy) is 1. The molecule has 1 aromatic carbocycles. The van der Waals surface area contributed by atoms with Crippen LogP contribution < -0.4 is 10.1 Å². The maximum Gasteiger partial charge on any atom is 0.261 e. The van der Waals surface area contributed by atoms with Gasteiger partial charge in [0.25, 0.3) is 5.91 Å². The summed E-state index contributed by atoms with van der Waals surface area (Å²) in [6.45, 7) is 5.94. The average Bonchev–Trinajstić information content (AvgIpc) is 2.38. The monoisotopic (exact) mass is 267 g/mol. The number of carbonyl (C=O) groups is 1. The molecule has 0 aliphatic heterocycles. The van der Waals surface area contributed by atoms with E-state index in [2.05, 4.69) is 12.2 Å². The Hall–Kier alpha value is -1.58. The first kappa shape index (κ1) is 15.5. The minimum atomic E-state index is -0.537. The molecule has 0 spiro atoms. The molecule has 0 aliphatic rings. The summed E-state index contributed by atoms with van der Waals surface area (Å²) in [5.74, 6) is 0.0701. The van der Waals surface area contributed by atoms with Crippen molar-refractivity contribution >= 4 is 5.91 Å². The lowest BCUT2D eigenvalue weighted by Gasteiger charge is -2.20. The van der Waals surface area contributed by atoms with Gasteiger partial charge in [-0.05, 0) is 44.0 Å². The number of nitrogens with one attached hydrogen (secondary N) is 1. The van der Waals surface area contributed by atoms with Crippen LogP contribution in [0.15, 0.2) is 24.3 Å². The zero-order valence-corrected chi connectivity index (χ0v) is 11.8. The Morgan fingerprint density at radius 3 is 2.47 bits per heavy atom. The second-order valence-electron chi connectivity index (χ2n) is 4.67. The van der Waals surface area contributed by atoms with Gasteiger partial charge in [0.05, 0.1) is 0 Å². The fourth-order valence-corrected chi connectivity index (χ4v) is 1.84. The number of benzene rings is 1. The Bertz CT molecular complexity index is 392. The van der Waals surface area contributed by atoms with Gasteiger partial charge in [-0.3, -0.25) is 4.79 Å². The summed E-state index contributed by atoms with van der Waals surface area (Å²) >= 11 is 0. The molecule has 0 aliphatic carbocycles. The third-order valence-electron chi connectivity index (χ3n) is 2.87. The maximum absolute atomic E-state index is 12.8. The van der Waals surface area contributed by atoms with Crippen molar-refractivity contribution in [1.29, 1.82) is 0 Å². The lowest BCUT2D eigenvalue weighted by molar-refractivity contribution is -0.128. The Kier molecular flexibility index (Phi) is 6.33. The smallest absolute Gasteiger partial charge is 0.261 e. The van der Waals surface area contributed by atoms with Gasteiger partial charge in [0.1, 0.15) is 11.6 Å². The summed E-state index contributed by atoms with van der Waals surface area (Å²) in [5.41, 5.74) is 0. The van der Waals surface area contributed by atoms with E-state index in [4.69, 9.17) is 4.74 Å². The van der Waals surface area contributed by atoms with Crippen LogP contribution in [0.5, 0.6) is 5.75 Å². The second kappa shape index (κ2) is 7.77. The first-order chi connectivity index (χ1) is 9.06. The maximum atomic E-state index is 12.8. The molecular formula is C15H22FNO2. The summed E-state index contributed by atoms with van der Waals surface area (Å²) in [6.07, 6.45) is 2.00. The van der Waals surface area contributed by atoms with E-state index in [-0.39, 0.29) is 17.8 Å². The van der Waals surface area contributed by atoms with Crippen molar-refractivity contribution in [3.05, 3.63) is 30.1 Å². The summed E-state index contributed by atoms with van der Waals surface area (Å²) in [4.78, 5) is 12.0. The molecular weight excluding hydrogens is 245 g/mol. The molecule has 4 heteroatoms. The van der Waals surface area contributed by atoms with Crippen molar-refractivity contribution in [2.45, 2.75) is 52.2 Å². The molecule has 1 N–H and O–H groups in total. The standard InChI is InChI=1S/C15H22FNO2/c1-4-6-11(3)17-15(18)14(5-2)19-13-9-7-12(16)8-10-13/h7-11,14H,4-6H2,1-3H3,(H,17,18). The fraction of sp³-hybridized carbons (Fsp3) is 0.533. The summed E-state index contributed by atoms with van der Waals surface area (Å²) in [6, 6.07) is 5.84. The third-order valence-corrected chi connectivity index (χ3v) is 2.87. The van der Waals surface area contributed by atoms with Crippen molar-refractivity contribution in [3.8, 4) is 5.75 Å². The van der Waals surface area contributed by atoms with Gasteiger partial charge in [0, 0.05) is 6.04 Å². The van der Waals surface area contributed by atoms with Crippen LogP contribution >= 0.6 is 0 Å². The molecule has 0 radical (unpaired) electrons. The molecule has 0 saturated heterocycles. The van der Waals surface area contributed by atoms with Gasteiger partial charge in [-0.25, -0.2) is 4.39 Å². The molecule has 0 aromatic heterocycles. The zero-order valence-electron chi connectivity index (χ0n) is 11.8. The molecule has 0 fully saturated rings. The Morgan fingerprint density at radius 2 is 1.95 bits per heavy atom. The van der Waals surface area contributed by atoms with Crippen molar-refractivity contribution < 1.29 is 13.9 Å². The van der Waals surface area contributed by atoms with Gasteiger partial charge in [-0.2, -0.15) is 0 Å². The van der Waals surface area contributed by atoms with E-state index in [0.29, 0.717) is 12.2 Å². The Labute approximate surface area is 114 Å². The van der Waals surface area contributed by atoms with Crippen molar-refractivity contribution in [2.24, 2.45) is 0 Å². The molecule has 1 amide bonds. The van der Waals surface area contributed by atoms with Gasteiger partial charge in [-0.15, -0.1) is 0 Å². The molecule has 0 bridgehead atoms. The summed E-state index contributed by atoms with van der Waals surface area (Å²) in [7, 11) is 0. The van der Waals surface area contributed by atoms with E-state index < -0.39 is 6.10 Å². The second-order valence-corrected chi connectivity index (χ2v) is 4.67. The quantitative estimate of drug-likeness (QED) is 0.823. The zero-order chi connectivity index (χ0) is 14.3. The van der Waals surface area contributed by atoms with Crippen molar-refractivity contribution in [2.75, 3.05) is 0 Å². The highest BCUT2D eigenvalue weighted by Gasteiger charge is 2.19. The molecule has 0 saturated carbocycles. The topological polar surface area (TPSA) is 38.3 Å². The first-order valence-electron chi connectivity index (χ1n) is 6.79. The van der Waals surface area contributed by atoms with Gasteiger partial charge >= 0.3 is 0 Å². The van der Waals surface area contributed by atoms with E-state index in [1.165, 1.54) is 24.3 Å². The Morgan fingerprint density at radius 1 is 1.32 bits per heavy atom. The lowest BCUT2D eigenvalue weighted by atomic mass is 10.1. The predicted octanol–water partition coefficient (Wildman–Crippen LogP) is 3.29. The predicted molar refractivity (Wildman–Crippen MR) is 73.6 cm³/mol. The van der Waals surface area contributed by atoms with Gasteiger partial charge in [-0.1, -0.05) is 20.3 Å². The largest absolute Gasteiger partial charge is 0.481 e. The molecule has 1 aromatic rings. The highest BCUT2D eigenvalue weighted by atomic mass is 19.1. The lowest BCUT2D eigenvalue weighted by Crippen LogP contribution is -2.42. The molecule has 0 heterocycles. The SMILES string of the molecule is CCCC(C)NC(=O)C(CC)Oc1ccc(F)cc1. The van der Waals surface area contributed by atoms with Crippen LogP contribution in [0.1, 0.15) is 40.0 Å². The number of hydrogen-bond acceptors (Lipinski definition) is 2. The number of hydrogen-bond donors (Lipinski definition) is 1. The van der Waals surface area contributed by atoms with E-state index in [0.717, 1.165) is 12.8 Å². The van der Waals surface area contributed by atoms with Crippen LogP contribution in [0.4, 0.5) is 4.39 Å². The van der Waals surface area contributed by atoms with Crippen LogP contribution in [0.25, 0.3) is 0 Å². The number of amides is 1. The van der Waals surface area contributed by atoms with Crippen molar-refractivity contribution in [1.82, 2.24) is 5.32 Å². The fourth-order valence-electron chi connectivity index (χ4n) is 1.84. The molecule has 2 atom stereocenters. The Balaban J connectivity index is 2.57. The molecule has 2 unspecified atom stereocenters. The van der Waals surface area contributed by atoms with Gasteiger partial charge < -0.3 is 10.1 Å². The minimum Gasteiger partial charge on any atom is -0.481 e. The third kappa shape index (κ3) is 5.28. The van der Waals surface area contributed by atoms with Crippen LogP contribution in [-0.4, -0.2) is 18.1 Å². The number of rotatable bonds is 7. The summed E-state index contributed by atoms with van der Waals surface area (Å²) in [5, 5.41) is 2.93. The number of carbonyl (C=O) groups excluding carboxylic acids is 1. The molecule has 3 nitrogen and oxygen atoms in total. The highest BCUT2D eigenvalue weighted by molar-refractivity contribution is 5.81. The van der Waals surface area contributed by atoms with Crippen molar-refractivity contribution in [3.63, 3.8) is 0 Å². The molecule has 106 valence electrons. The van der Waals surface area contributed by atoms with Gasteiger partial charge in [0.2, 0.25) is 0 Å². The average molecular weight is 267 g/mol. The van der Waals surface area contributed by atoms with E-state index in [1.807, 2.05) is 13.8 Å². The van der Waals surface area contributed by atoms with E-state index >= 15 is 0 Å². The van der Waals surface area contributed by atoms with Crippen LogP contribution in [0, 0.1) is 5.82 Å². The summed E-state index contributed by atoms with van der Waals surface area (Å²) < 4.78 is 18.4. The normalized spacial score (nSPS) is 13.7. The highest BCUT2D eigenvalue weighted by Crippen LogP contribution is 2.14. The minimum absolute atomic E-state index is 0.118. The molecule has 1 rings (SSSR count).